The van der Waals surface area contributed by atoms with Crippen LogP contribution in [0.3, 0.4) is 0 Å². The highest BCUT2D eigenvalue weighted by atomic mass is 16.4. The van der Waals surface area contributed by atoms with E-state index in [0.717, 1.165) is 44.9 Å². The van der Waals surface area contributed by atoms with Crippen molar-refractivity contribution in [1.82, 2.24) is 0 Å². The van der Waals surface area contributed by atoms with Crippen LogP contribution in [0.4, 0.5) is 0 Å². The Morgan fingerprint density at radius 1 is 1.03 bits per heavy atom. The van der Waals surface area contributed by atoms with Gasteiger partial charge in [-0.25, -0.2) is 0 Å². The summed E-state index contributed by atoms with van der Waals surface area (Å²) in [5, 5.41) is 42.0. The van der Waals surface area contributed by atoms with Gasteiger partial charge in [0.1, 0.15) is 0 Å². The molecule has 4 fully saturated rings. The molecule has 0 aromatic rings. The Morgan fingerprint density at radius 3 is 2.45 bits per heavy atom. The van der Waals surface area contributed by atoms with Gasteiger partial charge < -0.3 is 20.4 Å². The average molecular weight is 409 g/mol. The van der Waals surface area contributed by atoms with E-state index in [1.165, 1.54) is 0 Å². The third-order valence-corrected chi connectivity index (χ3v) is 10.3. The molecule has 5 nitrogen and oxygen atoms in total. The van der Waals surface area contributed by atoms with Crippen LogP contribution >= 0.6 is 0 Å². The van der Waals surface area contributed by atoms with Crippen molar-refractivity contribution in [3.05, 3.63) is 0 Å². The Hall–Kier alpha value is -0.650. The molecule has 0 radical (unpaired) electrons. The minimum absolute atomic E-state index is 0.0957. The Bertz CT molecular complexity index is 637. The molecule has 0 heterocycles. The molecule has 4 saturated carbocycles. The molecule has 0 aromatic heterocycles. The van der Waals surface area contributed by atoms with Gasteiger partial charge in [-0.3, -0.25) is 4.79 Å². The van der Waals surface area contributed by atoms with E-state index in [0.29, 0.717) is 30.1 Å². The van der Waals surface area contributed by atoms with Crippen LogP contribution in [0.1, 0.15) is 78.6 Å². The van der Waals surface area contributed by atoms with E-state index in [-0.39, 0.29) is 41.3 Å². The molecular formula is C24H40O5. The highest BCUT2D eigenvalue weighted by Crippen LogP contribution is 2.68. The zero-order valence-corrected chi connectivity index (χ0v) is 18.3. The first-order chi connectivity index (χ1) is 13.6. The Morgan fingerprint density at radius 2 is 1.76 bits per heavy atom. The summed E-state index contributed by atoms with van der Waals surface area (Å²) in [6.45, 7) is 6.72. The molecule has 0 amide bonds. The number of aliphatic hydroxyl groups excluding tert-OH is 3. The second-order valence-electron chi connectivity index (χ2n) is 11.4. The lowest BCUT2D eigenvalue weighted by atomic mass is 9.43. The van der Waals surface area contributed by atoms with E-state index in [9.17, 15) is 20.1 Å². The SMILES string of the molecule is C[C@H](CCC(=O)O)[C@H]1CCC2C3C(O)C[C@@H]4C[C@@H](O)CC[C@]4(C)C3C[C@H](O)[C@@]21C. The fraction of sp³-hybridized carbons (Fsp3) is 0.958. The van der Waals surface area contributed by atoms with Crippen molar-refractivity contribution >= 4 is 5.97 Å². The van der Waals surface area contributed by atoms with Crippen LogP contribution in [0.2, 0.25) is 0 Å². The van der Waals surface area contributed by atoms with Crippen molar-refractivity contribution in [2.24, 2.45) is 46.3 Å². The maximum absolute atomic E-state index is 11.5. The average Bonchev–Trinajstić information content (AvgIpc) is 3.01. The quantitative estimate of drug-likeness (QED) is 0.571. The predicted octanol–water partition coefficient (Wildman–Crippen LogP) is 3.45. The molecular weight excluding hydrogens is 368 g/mol. The Balaban J connectivity index is 1.61. The van der Waals surface area contributed by atoms with Crippen LogP contribution in [0.5, 0.6) is 0 Å². The summed E-state index contributed by atoms with van der Waals surface area (Å²) in [5.74, 6) is 0.997. The maximum atomic E-state index is 11.5. The molecule has 0 spiro atoms. The van der Waals surface area contributed by atoms with Gasteiger partial charge in [0.2, 0.25) is 0 Å². The summed E-state index contributed by atoms with van der Waals surface area (Å²) in [7, 11) is 0. The minimum atomic E-state index is -0.748. The summed E-state index contributed by atoms with van der Waals surface area (Å²) in [6, 6.07) is 0. The molecule has 4 aliphatic rings. The highest BCUT2D eigenvalue weighted by molar-refractivity contribution is 5.66. The third-order valence-electron chi connectivity index (χ3n) is 10.3. The number of hydrogen-bond donors (Lipinski definition) is 4. The van der Waals surface area contributed by atoms with Gasteiger partial charge in [-0.15, -0.1) is 0 Å². The fourth-order valence-electron chi connectivity index (χ4n) is 8.68. The number of fused-ring (bicyclic) bond motifs is 5. The molecule has 29 heavy (non-hydrogen) atoms. The number of aliphatic carboxylic acids is 1. The van der Waals surface area contributed by atoms with Crippen molar-refractivity contribution < 1.29 is 25.2 Å². The summed E-state index contributed by atoms with van der Waals surface area (Å²) in [4.78, 5) is 11.1. The van der Waals surface area contributed by atoms with Crippen LogP contribution in [0.25, 0.3) is 0 Å². The summed E-state index contributed by atoms with van der Waals surface area (Å²) in [5.41, 5.74) is -0.143. The standard InChI is InChI=1S/C24H40O5/c1-13(4-7-21(28)29)16-5-6-17-22-18(12-20(27)24(16,17)3)23(2)9-8-15(25)10-14(23)11-19(22)26/h13-20,22,25-27H,4-12H2,1-3H3,(H,28,29)/t13-,14+,15+,16-,17?,18?,19?,20+,22?,23+,24-/m1/s1. The lowest BCUT2D eigenvalue weighted by Gasteiger charge is -2.63. The zero-order valence-electron chi connectivity index (χ0n) is 18.3. The monoisotopic (exact) mass is 408 g/mol. The van der Waals surface area contributed by atoms with Crippen molar-refractivity contribution in [2.75, 3.05) is 0 Å². The van der Waals surface area contributed by atoms with Gasteiger partial charge in [0.15, 0.2) is 0 Å². The largest absolute Gasteiger partial charge is 0.481 e. The van der Waals surface area contributed by atoms with Gasteiger partial charge in [-0.05, 0) is 97.7 Å². The van der Waals surface area contributed by atoms with E-state index < -0.39 is 12.1 Å². The molecule has 5 heteroatoms. The smallest absolute Gasteiger partial charge is 0.303 e. The first-order valence-electron chi connectivity index (χ1n) is 11.8. The molecule has 4 N–H and O–H groups in total. The van der Waals surface area contributed by atoms with E-state index in [1.807, 2.05) is 0 Å². The third kappa shape index (κ3) is 3.27. The summed E-state index contributed by atoms with van der Waals surface area (Å²) in [6.07, 6.45) is 6.00. The Kier molecular flexibility index (Phi) is 5.57. The number of carboxylic acid groups (broad SMARTS) is 1. The second-order valence-corrected chi connectivity index (χ2v) is 11.4. The molecule has 4 unspecified atom stereocenters. The molecule has 0 saturated heterocycles. The number of rotatable bonds is 4. The van der Waals surface area contributed by atoms with Gasteiger partial charge in [-0.1, -0.05) is 20.8 Å². The van der Waals surface area contributed by atoms with Crippen molar-refractivity contribution in [3.63, 3.8) is 0 Å². The van der Waals surface area contributed by atoms with Crippen LogP contribution in [0, 0.1) is 46.3 Å². The van der Waals surface area contributed by atoms with Crippen molar-refractivity contribution in [1.29, 1.82) is 0 Å². The van der Waals surface area contributed by atoms with Crippen LogP contribution in [-0.2, 0) is 4.79 Å². The molecule has 0 bridgehead atoms. The molecule has 11 atom stereocenters. The lowest BCUT2D eigenvalue weighted by molar-refractivity contribution is -0.207. The van der Waals surface area contributed by atoms with Crippen LogP contribution < -0.4 is 0 Å². The topological polar surface area (TPSA) is 98.0 Å². The van der Waals surface area contributed by atoms with Crippen LogP contribution in [-0.4, -0.2) is 44.7 Å². The molecule has 0 aliphatic heterocycles. The maximum Gasteiger partial charge on any atom is 0.303 e. The number of carbonyl (C=O) groups is 1. The van der Waals surface area contributed by atoms with Gasteiger partial charge in [0.25, 0.3) is 0 Å². The highest BCUT2D eigenvalue weighted by Gasteiger charge is 2.65. The van der Waals surface area contributed by atoms with Gasteiger partial charge in [-0.2, -0.15) is 0 Å². The van der Waals surface area contributed by atoms with Gasteiger partial charge in [0, 0.05) is 6.42 Å². The molecule has 4 rings (SSSR count). The molecule has 166 valence electrons. The van der Waals surface area contributed by atoms with E-state index in [1.54, 1.807) is 0 Å². The molecule has 4 aliphatic carbocycles. The zero-order chi connectivity index (χ0) is 21.1. The van der Waals surface area contributed by atoms with Crippen molar-refractivity contribution in [2.45, 2.75) is 96.9 Å². The first kappa shape index (κ1) is 21.6. The normalized spacial score (nSPS) is 52.9. The lowest BCUT2D eigenvalue weighted by Crippen LogP contribution is -2.62. The van der Waals surface area contributed by atoms with E-state index in [4.69, 9.17) is 5.11 Å². The summed E-state index contributed by atoms with van der Waals surface area (Å²) >= 11 is 0. The summed E-state index contributed by atoms with van der Waals surface area (Å²) < 4.78 is 0. The number of carboxylic acids is 1. The van der Waals surface area contributed by atoms with Gasteiger partial charge >= 0.3 is 5.97 Å². The van der Waals surface area contributed by atoms with Crippen LogP contribution in [0.15, 0.2) is 0 Å². The fourth-order valence-corrected chi connectivity index (χ4v) is 8.68. The predicted molar refractivity (Wildman–Crippen MR) is 110 cm³/mol. The minimum Gasteiger partial charge on any atom is -0.481 e. The van der Waals surface area contributed by atoms with Gasteiger partial charge in [0.05, 0.1) is 18.3 Å². The van der Waals surface area contributed by atoms with E-state index in [2.05, 4.69) is 20.8 Å². The number of hydrogen-bond acceptors (Lipinski definition) is 4. The van der Waals surface area contributed by atoms with Crippen molar-refractivity contribution in [3.8, 4) is 0 Å². The Labute approximate surface area is 174 Å². The second kappa shape index (κ2) is 7.49. The number of aliphatic hydroxyl groups is 3. The van der Waals surface area contributed by atoms with E-state index >= 15 is 0 Å². The molecule has 0 aromatic carbocycles. The first-order valence-corrected chi connectivity index (χ1v) is 11.8.